The van der Waals surface area contributed by atoms with Crippen LogP contribution >= 0.6 is 24.2 Å². The van der Waals surface area contributed by atoms with Gasteiger partial charge in [-0.05, 0) is 23.8 Å². The summed E-state index contributed by atoms with van der Waals surface area (Å²) in [6, 6.07) is 4.38. The van der Waals surface area contributed by atoms with Gasteiger partial charge in [0.2, 0.25) is 0 Å². The number of aromatic carboxylic acids is 1. The number of aliphatic hydroxyl groups excluding tert-OH is 2. The SMILES string of the molecule is O=C(O)c1c(Cl)cccc1C(O)C(O)CCS. The van der Waals surface area contributed by atoms with E-state index in [1.54, 1.807) is 0 Å². The molecule has 0 amide bonds. The smallest absolute Gasteiger partial charge is 0.337 e. The normalized spacial score (nSPS) is 14.4. The van der Waals surface area contributed by atoms with E-state index in [2.05, 4.69) is 12.6 Å². The molecule has 4 nitrogen and oxygen atoms in total. The van der Waals surface area contributed by atoms with E-state index in [4.69, 9.17) is 16.7 Å². The maximum atomic E-state index is 11.0. The monoisotopic (exact) mass is 276 g/mol. The molecule has 94 valence electrons. The number of benzene rings is 1. The van der Waals surface area contributed by atoms with Crippen molar-refractivity contribution in [2.75, 3.05) is 5.75 Å². The molecule has 0 aliphatic heterocycles. The third-order valence-corrected chi connectivity index (χ3v) is 2.94. The van der Waals surface area contributed by atoms with Gasteiger partial charge in [0, 0.05) is 0 Å². The topological polar surface area (TPSA) is 77.8 Å². The van der Waals surface area contributed by atoms with Gasteiger partial charge in [0.1, 0.15) is 6.10 Å². The van der Waals surface area contributed by atoms with Crippen LogP contribution in [-0.2, 0) is 0 Å². The van der Waals surface area contributed by atoms with E-state index < -0.39 is 18.2 Å². The lowest BCUT2D eigenvalue weighted by Crippen LogP contribution is -2.21. The molecule has 1 aromatic rings. The van der Waals surface area contributed by atoms with E-state index in [1.807, 2.05) is 0 Å². The van der Waals surface area contributed by atoms with Crippen molar-refractivity contribution in [1.29, 1.82) is 0 Å². The molecule has 0 radical (unpaired) electrons. The molecule has 2 atom stereocenters. The van der Waals surface area contributed by atoms with Crippen molar-refractivity contribution in [1.82, 2.24) is 0 Å². The largest absolute Gasteiger partial charge is 0.478 e. The first-order valence-electron chi connectivity index (χ1n) is 4.97. The quantitative estimate of drug-likeness (QED) is 0.618. The molecule has 1 rings (SSSR count). The van der Waals surface area contributed by atoms with Crippen LogP contribution in [0.25, 0.3) is 0 Å². The van der Waals surface area contributed by atoms with E-state index in [1.165, 1.54) is 18.2 Å². The molecule has 0 bridgehead atoms. The van der Waals surface area contributed by atoms with Gasteiger partial charge in [-0.15, -0.1) is 0 Å². The van der Waals surface area contributed by atoms with Gasteiger partial charge < -0.3 is 15.3 Å². The molecule has 0 aliphatic rings. The lowest BCUT2D eigenvalue weighted by Gasteiger charge is -2.19. The highest BCUT2D eigenvalue weighted by Gasteiger charge is 2.24. The molecule has 0 spiro atoms. The third kappa shape index (κ3) is 3.35. The Balaban J connectivity index is 3.13. The zero-order valence-corrected chi connectivity index (χ0v) is 10.5. The summed E-state index contributed by atoms with van der Waals surface area (Å²) in [7, 11) is 0. The van der Waals surface area contributed by atoms with Crippen molar-refractivity contribution in [3.05, 3.63) is 34.3 Å². The van der Waals surface area contributed by atoms with Crippen LogP contribution < -0.4 is 0 Å². The number of carboxylic acids is 1. The summed E-state index contributed by atoms with van der Waals surface area (Å²) >= 11 is 9.70. The Kier molecular flexibility index (Phi) is 5.27. The Morgan fingerprint density at radius 2 is 2.06 bits per heavy atom. The van der Waals surface area contributed by atoms with Crippen molar-refractivity contribution < 1.29 is 20.1 Å². The van der Waals surface area contributed by atoms with Crippen LogP contribution in [-0.4, -0.2) is 33.1 Å². The summed E-state index contributed by atoms with van der Waals surface area (Å²) in [5.41, 5.74) is -0.0702. The van der Waals surface area contributed by atoms with Crippen molar-refractivity contribution in [2.45, 2.75) is 18.6 Å². The van der Waals surface area contributed by atoms with E-state index in [-0.39, 0.29) is 22.6 Å². The number of thiol groups is 1. The van der Waals surface area contributed by atoms with Crippen molar-refractivity contribution in [3.63, 3.8) is 0 Å². The Morgan fingerprint density at radius 3 is 2.59 bits per heavy atom. The summed E-state index contributed by atoms with van der Waals surface area (Å²) < 4.78 is 0. The molecule has 0 aliphatic carbocycles. The van der Waals surface area contributed by atoms with Gasteiger partial charge in [0.25, 0.3) is 0 Å². The second-order valence-electron chi connectivity index (χ2n) is 3.53. The Hall–Kier alpha value is -0.750. The first-order chi connectivity index (χ1) is 7.99. The predicted molar refractivity (Wildman–Crippen MR) is 67.8 cm³/mol. The number of carboxylic acid groups (broad SMARTS) is 1. The lowest BCUT2D eigenvalue weighted by atomic mass is 9.97. The molecular formula is C11H13ClO4S. The van der Waals surface area contributed by atoms with Crippen molar-refractivity contribution in [3.8, 4) is 0 Å². The van der Waals surface area contributed by atoms with E-state index in [9.17, 15) is 15.0 Å². The minimum atomic E-state index is -1.29. The molecule has 0 fully saturated rings. The highest BCUT2D eigenvalue weighted by Crippen LogP contribution is 2.28. The van der Waals surface area contributed by atoms with Gasteiger partial charge in [-0.25, -0.2) is 4.79 Å². The standard InChI is InChI=1S/C11H13ClO4S/c12-7-3-1-2-6(9(7)11(15)16)10(14)8(13)4-5-17/h1-3,8,10,13-14,17H,4-5H2,(H,15,16). The van der Waals surface area contributed by atoms with Crippen molar-refractivity contribution >= 4 is 30.2 Å². The zero-order chi connectivity index (χ0) is 13.0. The van der Waals surface area contributed by atoms with Gasteiger partial charge in [0.05, 0.1) is 16.7 Å². The molecule has 3 N–H and O–H groups in total. The minimum absolute atomic E-state index is 0.0344. The molecule has 0 saturated heterocycles. The highest BCUT2D eigenvalue weighted by atomic mass is 35.5. The Bertz CT molecular complexity index is 410. The first-order valence-corrected chi connectivity index (χ1v) is 5.98. The molecule has 0 heterocycles. The molecule has 6 heteroatoms. The number of rotatable bonds is 5. The Labute approximate surface area is 109 Å². The van der Waals surface area contributed by atoms with E-state index >= 15 is 0 Å². The maximum Gasteiger partial charge on any atom is 0.337 e. The van der Waals surface area contributed by atoms with E-state index in [0.29, 0.717) is 5.75 Å². The van der Waals surface area contributed by atoms with Crippen LogP contribution in [0.15, 0.2) is 18.2 Å². The summed E-state index contributed by atoms with van der Waals surface area (Å²) in [6.07, 6.45) is -2.09. The fraction of sp³-hybridized carbons (Fsp3) is 0.364. The summed E-state index contributed by atoms with van der Waals surface area (Å²) in [4.78, 5) is 11.0. The number of hydrogen-bond donors (Lipinski definition) is 4. The fourth-order valence-corrected chi connectivity index (χ4v) is 2.04. The summed E-state index contributed by atoms with van der Waals surface area (Å²) in [6.45, 7) is 0. The van der Waals surface area contributed by atoms with Crippen molar-refractivity contribution in [2.24, 2.45) is 0 Å². The molecule has 1 aromatic carbocycles. The van der Waals surface area contributed by atoms with Gasteiger partial charge in [0.15, 0.2) is 0 Å². The maximum absolute atomic E-state index is 11.0. The van der Waals surface area contributed by atoms with Crippen LogP contribution in [0.1, 0.15) is 28.4 Å². The second-order valence-corrected chi connectivity index (χ2v) is 4.39. The number of halogens is 1. The van der Waals surface area contributed by atoms with Crippen LogP contribution in [0.4, 0.5) is 0 Å². The van der Waals surface area contributed by atoms with Crippen LogP contribution in [0.5, 0.6) is 0 Å². The predicted octanol–water partition coefficient (Wildman–Crippen LogP) is 1.75. The zero-order valence-electron chi connectivity index (χ0n) is 8.88. The number of aliphatic hydroxyl groups is 2. The fourth-order valence-electron chi connectivity index (χ4n) is 1.51. The molecule has 0 aromatic heterocycles. The summed E-state index contributed by atoms with van der Waals surface area (Å²) in [5, 5.41) is 28.6. The summed E-state index contributed by atoms with van der Waals surface area (Å²) in [5.74, 6) is -0.844. The highest BCUT2D eigenvalue weighted by molar-refractivity contribution is 7.80. The molecule has 2 unspecified atom stereocenters. The third-order valence-electron chi connectivity index (χ3n) is 2.37. The number of hydrogen-bond acceptors (Lipinski definition) is 4. The van der Waals surface area contributed by atoms with Gasteiger partial charge in [-0.1, -0.05) is 23.7 Å². The van der Waals surface area contributed by atoms with Crippen LogP contribution in [0.2, 0.25) is 5.02 Å². The number of carbonyl (C=O) groups is 1. The van der Waals surface area contributed by atoms with Crippen LogP contribution in [0.3, 0.4) is 0 Å². The Morgan fingerprint density at radius 1 is 1.41 bits per heavy atom. The van der Waals surface area contributed by atoms with E-state index in [0.717, 1.165) is 0 Å². The minimum Gasteiger partial charge on any atom is -0.478 e. The second kappa shape index (κ2) is 6.26. The average molecular weight is 277 g/mol. The first kappa shape index (κ1) is 14.3. The molecule has 0 saturated carbocycles. The van der Waals surface area contributed by atoms with Gasteiger partial charge >= 0.3 is 5.97 Å². The lowest BCUT2D eigenvalue weighted by molar-refractivity contribution is 0.0162. The van der Waals surface area contributed by atoms with Gasteiger partial charge in [-0.3, -0.25) is 0 Å². The molecular weight excluding hydrogens is 264 g/mol. The average Bonchev–Trinajstić information content (AvgIpc) is 2.27. The molecule has 17 heavy (non-hydrogen) atoms. The van der Waals surface area contributed by atoms with Crippen LogP contribution in [0, 0.1) is 0 Å². The van der Waals surface area contributed by atoms with Gasteiger partial charge in [-0.2, -0.15) is 12.6 Å².